The first-order chi connectivity index (χ1) is 5.06. The van der Waals surface area contributed by atoms with Gasteiger partial charge in [-0.25, -0.2) is 0 Å². The molecule has 0 aromatic carbocycles. The maximum absolute atomic E-state index is 3.13. The molecule has 0 aliphatic heterocycles. The van der Waals surface area contributed by atoms with E-state index in [0.717, 1.165) is 0 Å². The molecule has 0 N–H and O–H groups in total. The molecule has 0 nitrogen and oxygen atoms in total. The quantitative estimate of drug-likeness (QED) is 0.359. The molecule has 0 bridgehead atoms. The Kier molecular flexibility index (Phi) is 4.95. The Morgan fingerprint density at radius 3 is 1.91 bits per heavy atom. The monoisotopic (exact) mass is 152 g/mol. The van der Waals surface area contributed by atoms with Crippen molar-refractivity contribution in [3.63, 3.8) is 0 Å². The fourth-order valence-corrected chi connectivity index (χ4v) is 0.781. The molecule has 0 amide bonds. The van der Waals surface area contributed by atoms with Crippen LogP contribution < -0.4 is 0 Å². The van der Waals surface area contributed by atoms with Crippen LogP contribution in [0.4, 0.5) is 0 Å². The molecule has 0 radical (unpaired) electrons. The van der Waals surface area contributed by atoms with E-state index in [4.69, 9.17) is 0 Å². The van der Waals surface area contributed by atoms with E-state index < -0.39 is 8.07 Å². The molecular formula is C9H9LiSi. The Bertz CT molecular complexity index is 290. The second-order valence-corrected chi connectivity index (χ2v) is 7.88. The van der Waals surface area contributed by atoms with Crippen LogP contribution >= 0.6 is 0 Å². The summed E-state index contributed by atoms with van der Waals surface area (Å²) >= 11 is 1.76. The average Bonchev–Trinajstić information content (AvgIpc) is 1.85. The molecule has 0 aliphatic rings. The third kappa shape index (κ3) is 9.49. The SMILES string of the molecule is [Li][C]#CC#CC#C[Si](C)(C)C. The predicted octanol–water partition coefficient (Wildman–Crippen LogP) is 1.000. The minimum atomic E-state index is -1.23. The number of hydrogen-bond donors (Lipinski definition) is 0. The van der Waals surface area contributed by atoms with E-state index in [0.29, 0.717) is 0 Å². The maximum atomic E-state index is 3.13. The van der Waals surface area contributed by atoms with Crippen molar-refractivity contribution in [2.75, 3.05) is 0 Å². The third-order valence-corrected chi connectivity index (χ3v) is 1.62. The first-order valence-electron chi connectivity index (χ1n) is 3.50. The zero-order valence-corrected chi connectivity index (χ0v) is 8.50. The van der Waals surface area contributed by atoms with Crippen LogP contribution in [0.15, 0.2) is 0 Å². The van der Waals surface area contributed by atoms with Crippen LogP contribution in [0.1, 0.15) is 0 Å². The minimum absolute atomic E-state index is 1.23. The van der Waals surface area contributed by atoms with E-state index >= 15 is 0 Å². The van der Waals surface area contributed by atoms with Gasteiger partial charge in [0.1, 0.15) is 0 Å². The van der Waals surface area contributed by atoms with Crippen LogP contribution in [0, 0.1) is 33.8 Å². The van der Waals surface area contributed by atoms with Crippen molar-refractivity contribution in [3.05, 3.63) is 0 Å². The van der Waals surface area contributed by atoms with Gasteiger partial charge in [0.25, 0.3) is 0 Å². The number of hydrogen-bond acceptors (Lipinski definition) is 0. The zero-order chi connectivity index (χ0) is 8.74. The zero-order valence-electron chi connectivity index (χ0n) is 7.50. The van der Waals surface area contributed by atoms with E-state index in [1.807, 2.05) is 0 Å². The topological polar surface area (TPSA) is 0 Å². The standard InChI is InChI=1S/C9H9Si.Li/c1-5-6-7-8-9-10(2,3)4;/h2-4H3;. The summed E-state index contributed by atoms with van der Waals surface area (Å²) in [4.78, 5) is 0. The van der Waals surface area contributed by atoms with Crippen LogP contribution in [-0.2, 0) is 0 Å². The van der Waals surface area contributed by atoms with Gasteiger partial charge in [0.2, 0.25) is 0 Å². The van der Waals surface area contributed by atoms with Crippen LogP contribution in [0.25, 0.3) is 0 Å². The van der Waals surface area contributed by atoms with Crippen LogP contribution in [0.3, 0.4) is 0 Å². The molecule has 0 aliphatic carbocycles. The van der Waals surface area contributed by atoms with Gasteiger partial charge >= 0.3 is 79.2 Å². The fourth-order valence-electron chi connectivity index (χ4n) is 0.344. The van der Waals surface area contributed by atoms with Crippen molar-refractivity contribution in [1.82, 2.24) is 0 Å². The Hall–Kier alpha value is -0.506. The molecule has 0 saturated heterocycles. The molecule has 0 saturated carbocycles. The molecule has 50 valence electrons. The molecule has 0 atom stereocenters. The van der Waals surface area contributed by atoms with Gasteiger partial charge in [0, 0.05) is 0 Å². The predicted molar refractivity (Wildman–Crippen MR) is 52.4 cm³/mol. The first-order valence-corrected chi connectivity index (χ1v) is 7.00. The van der Waals surface area contributed by atoms with E-state index in [2.05, 4.69) is 53.5 Å². The molecule has 0 aromatic heterocycles. The summed E-state index contributed by atoms with van der Waals surface area (Å²) in [5, 5.41) is 0. The molecule has 0 aromatic rings. The van der Waals surface area contributed by atoms with Crippen LogP contribution in [0.5, 0.6) is 0 Å². The summed E-state index contributed by atoms with van der Waals surface area (Å²) in [5.41, 5.74) is 3.13. The molecule has 0 spiro atoms. The van der Waals surface area contributed by atoms with Crippen molar-refractivity contribution in [3.8, 4) is 33.8 Å². The van der Waals surface area contributed by atoms with Gasteiger partial charge in [-0.15, -0.1) is 0 Å². The van der Waals surface area contributed by atoms with E-state index in [1.165, 1.54) is 0 Å². The van der Waals surface area contributed by atoms with E-state index in [1.54, 1.807) is 17.7 Å². The Balaban J connectivity index is 4.12. The van der Waals surface area contributed by atoms with Gasteiger partial charge in [-0.1, -0.05) is 0 Å². The summed E-state index contributed by atoms with van der Waals surface area (Å²) in [7, 11) is -1.23. The second-order valence-electron chi connectivity index (χ2n) is 3.12. The van der Waals surface area contributed by atoms with Crippen LogP contribution in [-0.4, -0.2) is 25.8 Å². The molecule has 2 heteroatoms. The molecule has 0 heterocycles. The van der Waals surface area contributed by atoms with Crippen molar-refractivity contribution in [2.24, 2.45) is 0 Å². The molecule has 0 unspecified atom stereocenters. The summed E-state index contributed by atoms with van der Waals surface area (Å²) in [6.07, 6.45) is 0. The van der Waals surface area contributed by atoms with Gasteiger partial charge in [-0.05, 0) is 0 Å². The van der Waals surface area contributed by atoms with Crippen molar-refractivity contribution < 1.29 is 0 Å². The third-order valence-electron chi connectivity index (χ3n) is 0.750. The Labute approximate surface area is 79.4 Å². The van der Waals surface area contributed by atoms with Crippen molar-refractivity contribution >= 4 is 25.8 Å². The van der Waals surface area contributed by atoms with Gasteiger partial charge < -0.3 is 0 Å². The summed E-state index contributed by atoms with van der Waals surface area (Å²) in [5.74, 6) is 10.8. The number of rotatable bonds is 0. The Morgan fingerprint density at radius 2 is 1.45 bits per heavy atom. The van der Waals surface area contributed by atoms with Crippen LogP contribution in [0.2, 0.25) is 19.6 Å². The summed E-state index contributed by atoms with van der Waals surface area (Å²) in [6.45, 7) is 6.56. The fraction of sp³-hybridized carbons (Fsp3) is 0.333. The van der Waals surface area contributed by atoms with E-state index in [-0.39, 0.29) is 0 Å². The van der Waals surface area contributed by atoms with Gasteiger partial charge in [-0.3, -0.25) is 0 Å². The van der Waals surface area contributed by atoms with Crippen molar-refractivity contribution in [2.45, 2.75) is 19.6 Å². The molecular weight excluding hydrogens is 143 g/mol. The van der Waals surface area contributed by atoms with Gasteiger partial charge in [0.05, 0.1) is 0 Å². The average molecular weight is 152 g/mol. The normalized spacial score (nSPS) is 7.73. The van der Waals surface area contributed by atoms with Gasteiger partial charge in [0.15, 0.2) is 0 Å². The molecule has 0 rings (SSSR count). The Morgan fingerprint density at radius 1 is 0.909 bits per heavy atom. The van der Waals surface area contributed by atoms with Gasteiger partial charge in [-0.2, -0.15) is 0 Å². The summed E-state index contributed by atoms with van der Waals surface area (Å²) in [6, 6.07) is 0. The second kappa shape index (κ2) is 5.19. The summed E-state index contributed by atoms with van der Waals surface area (Å²) < 4.78 is 2.69. The molecule has 11 heavy (non-hydrogen) atoms. The molecule has 0 fully saturated rings. The van der Waals surface area contributed by atoms with Crippen molar-refractivity contribution in [1.29, 1.82) is 0 Å². The van der Waals surface area contributed by atoms with E-state index in [9.17, 15) is 0 Å². The first kappa shape index (κ1) is 10.5.